The summed E-state index contributed by atoms with van der Waals surface area (Å²) in [6.07, 6.45) is 1.69. The van der Waals surface area contributed by atoms with Gasteiger partial charge in [0.25, 0.3) is 0 Å². The van der Waals surface area contributed by atoms with Crippen molar-refractivity contribution in [1.29, 1.82) is 0 Å². The SMILES string of the molecule is O=S(=O)(C=CN1CCNCC1)Cc1ccc(Br)cc1. The Kier molecular flexibility index (Phi) is 5.01. The molecular formula is C13H17BrN2O2S. The average molecular weight is 345 g/mol. The van der Waals surface area contributed by atoms with Crippen molar-refractivity contribution in [3.63, 3.8) is 0 Å². The van der Waals surface area contributed by atoms with E-state index in [9.17, 15) is 8.42 Å². The molecule has 104 valence electrons. The quantitative estimate of drug-likeness (QED) is 0.903. The minimum atomic E-state index is -3.20. The summed E-state index contributed by atoms with van der Waals surface area (Å²) in [6, 6.07) is 7.34. The van der Waals surface area contributed by atoms with E-state index in [4.69, 9.17) is 0 Å². The summed E-state index contributed by atoms with van der Waals surface area (Å²) >= 11 is 3.33. The number of nitrogens with zero attached hydrogens (tertiary/aromatic N) is 1. The fourth-order valence-corrected chi connectivity index (χ4v) is 3.25. The minimum absolute atomic E-state index is 0.0445. The van der Waals surface area contributed by atoms with E-state index in [2.05, 4.69) is 21.2 Å². The summed E-state index contributed by atoms with van der Waals surface area (Å²) in [4.78, 5) is 2.02. The Morgan fingerprint density at radius 1 is 1.21 bits per heavy atom. The van der Waals surface area contributed by atoms with Gasteiger partial charge in [0.2, 0.25) is 0 Å². The van der Waals surface area contributed by atoms with Crippen LogP contribution in [0.25, 0.3) is 0 Å². The Bertz CT molecular complexity index is 534. The fourth-order valence-electron chi connectivity index (χ4n) is 1.87. The van der Waals surface area contributed by atoms with Gasteiger partial charge >= 0.3 is 0 Å². The monoisotopic (exact) mass is 344 g/mol. The van der Waals surface area contributed by atoms with Gasteiger partial charge in [-0.1, -0.05) is 28.1 Å². The topological polar surface area (TPSA) is 49.4 Å². The number of halogens is 1. The third kappa shape index (κ3) is 4.97. The molecule has 1 aliphatic heterocycles. The molecule has 0 atom stereocenters. The van der Waals surface area contributed by atoms with Crippen LogP contribution in [-0.4, -0.2) is 39.5 Å². The van der Waals surface area contributed by atoms with Gasteiger partial charge in [-0.25, -0.2) is 8.42 Å². The van der Waals surface area contributed by atoms with Gasteiger partial charge in [0.05, 0.1) is 5.75 Å². The van der Waals surface area contributed by atoms with Crippen LogP contribution in [-0.2, 0) is 15.6 Å². The molecule has 0 saturated carbocycles. The zero-order valence-electron chi connectivity index (χ0n) is 10.5. The van der Waals surface area contributed by atoms with Crippen molar-refractivity contribution in [1.82, 2.24) is 10.2 Å². The second kappa shape index (κ2) is 6.54. The first-order valence-corrected chi connectivity index (χ1v) is 8.66. The van der Waals surface area contributed by atoms with Gasteiger partial charge in [-0.05, 0) is 17.7 Å². The maximum atomic E-state index is 12.0. The lowest BCUT2D eigenvalue weighted by Gasteiger charge is -2.25. The molecule has 0 aliphatic carbocycles. The van der Waals surface area contributed by atoms with Crippen molar-refractivity contribution in [2.45, 2.75) is 5.75 Å². The zero-order valence-corrected chi connectivity index (χ0v) is 13.0. The smallest absolute Gasteiger partial charge is 0.177 e. The van der Waals surface area contributed by atoms with Gasteiger partial charge in [-0.3, -0.25) is 0 Å². The lowest BCUT2D eigenvalue weighted by molar-refractivity contribution is 0.324. The molecule has 19 heavy (non-hydrogen) atoms. The molecule has 0 unspecified atom stereocenters. The van der Waals surface area contributed by atoms with E-state index in [1.165, 1.54) is 5.41 Å². The maximum Gasteiger partial charge on any atom is 0.177 e. The van der Waals surface area contributed by atoms with Gasteiger partial charge in [-0.15, -0.1) is 0 Å². The van der Waals surface area contributed by atoms with E-state index < -0.39 is 9.84 Å². The lowest BCUT2D eigenvalue weighted by Crippen LogP contribution is -2.40. The van der Waals surface area contributed by atoms with Crippen LogP contribution in [0.1, 0.15) is 5.56 Å². The maximum absolute atomic E-state index is 12.0. The second-order valence-corrected chi connectivity index (χ2v) is 7.31. The van der Waals surface area contributed by atoms with Crippen LogP contribution in [0.2, 0.25) is 0 Å². The normalized spacial score (nSPS) is 17.0. The first-order valence-electron chi connectivity index (χ1n) is 6.15. The zero-order chi connectivity index (χ0) is 13.7. The van der Waals surface area contributed by atoms with Gasteiger partial charge in [0.1, 0.15) is 0 Å². The van der Waals surface area contributed by atoms with E-state index in [1.54, 1.807) is 6.20 Å². The number of piperazine rings is 1. The van der Waals surface area contributed by atoms with Crippen LogP contribution in [0.4, 0.5) is 0 Å². The Labute approximate surface area is 122 Å². The van der Waals surface area contributed by atoms with Gasteiger partial charge in [0, 0.05) is 42.3 Å². The van der Waals surface area contributed by atoms with E-state index in [0.29, 0.717) is 0 Å². The highest BCUT2D eigenvalue weighted by molar-refractivity contribution is 9.10. The summed E-state index contributed by atoms with van der Waals surface area (Å²) in [5.74, 6) is 0.0445. The molecule has 2 rings (SSSR count). The summed E-state index contributed by atoms with van der Waals surface area (Å²) < 4.78 is 24.9. The molecule has 1 aromatic carbocycles. The van der Waals surface area contributed by atoms with Crippen LogP contribution in [0, 0.1) is 0 Å². The van der Waals surface area contributed by atoms with Crippen molar-refractivity contribution in [3.8, 4) is 0 Å². The third-order valence-corrected chi connectivity index (χ3v) is 4.71. The number of sulfone groups is 1. The summed E-state index contributed by atoms with van der Waals surface area (Å²) in [6.45, 7) is 3.50. The van der Waals surface area contributed by atoms with E-state index >= 15 is 0 Å². The van der Waals surface area contributed by atoms with E-state index in [0.717, 1.165) is 36.2 Å². The molecule has 4 nitrogen and oxygen atoms in total. The molecular weight excluding hydrogens is 328 g/mol. The molecule has 0 spiro atoms. The number of benzene rings is 1. The molecule has 1 fully saturated rings. The van der Waals surface area contributed by atoms with Crippen LogP contribution in [0.3, 0.4) is 0 Å². The summed E-state index contributed by atoms with van der Waals surface area (Å²) in [5.41, 5.74) is 0.799. The fraction of sp³-hybridized carbons (Fsp3) is 0.385. The number of hydrogen-bond donors (Lipinski definition) is 1. The molecule has 0 amide bonds. The largest absolute Gasteiger partial charge is 0.374 e. The molecule has 1 heterocycles. The van der Waals surface area contributed by atoms with Crippen molar-refractivity contribution >= 4 is 25.8 Å². The molecule has 1 aromatic rings. The Morgan fingerprint density at radius 3 is 2.47 bits per heavy atom. The Balaban J connectivity index is 1.97. The number of rotatable bonds is 4. The number of nitrogens with one attached hydrogen (secondary N) is 1. The van der Waals surface area contributed by atoms with Gasteiger partial charge < -0.3 is 10.2 Å². The van der Waals surface area contributed by atoms with Crippen molar-refractivity contribution in [2.24, 2.45) is 0 Å². The highest BCUT2D eigenvalue weighted by Gasteiger charge is 2.10. The summed E-state index contributed by atoms with van der Waals surface area (Å²) in [5, 5.41) is 4.55. The third-order valence-electron chi connectivity index (χ3n) is 2.91. The lowest BCUT2D eigenvalue weighted by atomic mass is 10.2. The highest BCUT2D eigenvalue weighted by atomic mass is 79.9. The molecule has 1 N–H and O–H groups in total. The highest BCUT2D eigenvalue weighted by Crippen LogP contribution is 2.13. The van der Waals surface area contributed by atoms with Crippen molar-refractivity contribution < 1.29 is 8.42 Å². The molecule has 0 bridgehead atoms. The molecule has 0 radical (unpaired) electrons. The predicted molar refractivity (Wildman–Crippen MR) is 80.3 cm³/mol. The van der Waals surface area contributed by atoms with E-state index in [1.807, 2.05) is 29.2 Å². The second-order valence-electron chi connectivity index (χ2n) is 4.50. The predicted octanol–water partition coefficient (Wildman–Crippen LogP) is 1.74. The standard InChI is InChI=1S/C13H17BrN2O2S/c14-13-3-1-12(2-4-13)11-19(17,18)10-9-16-7-5-15-6-8-16/h1-4,9-10,15H,5-8,11H2. The van der Waals surface area contributed by atoms with Crippen LogP contribution in [0.5, 0.6) is 0 Å². The molecule has 6 heteroatoms. The summed E-state index contributed by atoms with van der Waals surface area (Å²) in [7, 11) is -3.20. The Morgan fingerprint density at radius 2 is 1.84 bits per heavy atom. The van der Waals surface area contributed by atoms with Crippen molar-refractivity contribution in [2.75, 3.05) is 26.2 Å². The number of hydrogen-bond acceptors (Lipinski definition) is 4. The Hall–Kier alpha value is -0.850. The van der Waals surface area contributed by atoms with Crippen LogP contribution in [0.15, 0.2) is 40.3 Å². The van der Waals surface area contributed by atoms with Crippen LogP contribution < -0.4 is 5.32 Å². The average Bonchev–Trinajstić information content (AvgIpc) is 2.40. The van der Waals surface area contributed by atoms with Crippen molar-refractivity contribution in [3.05, 3.63) is 45.9 Å². The molecule has 0 aromatic heterocycles. The van der Waals surface area contributed by atoms with E-state index in [-0.39, 0.29) is 5.75 Å². The van der Waals surface area contributed by atoms with Crippen LogP contribution >= 0.6 is 15.9 Å². The molecule has 1 aliphatic rings. The van der Waals surface area contributed by atoms with Gasteiger partial charge in [0.15, 0.2) is 9.84 Å². The first-order chi connectivity index (χ1) is 9.05. The van der Waals surface area contributed by atoms with Gasteiger partial charge in [-0.2, -0.15) is 0 Å². The molecule has 1 saturated heterocycles. The minimum Gasteiger partial charge on any atom is -0.374 e. The first kappa shape index (κ1) is 14.6.